The van der Waals surface area contributed by atoms with E-state index in [0.29, 0.717) is 37.2 Å². The van der Waals surface area contributed by atoms with Crippen molar-refractivity contribution in [3.05, 3.63) is 57.6 Å². The first-order valence-corrected chi connectivity index (χ1v) is 13.6. The Labute approximate surface area is 222 Å². The lowest BCUT2D eigenvalue weighted by molar-refractivity contribution is -0.122. The molecule has 0 fully saturated rings. The Balaban J connectivity index is 1.86. The van der Waals surface area contributed by atoms with Crippen molar-refractivity contribution in [3.63, 3.8) is 0 Å². The molecule has 0 saturated heterocycles. The highest BCUT2D eigenvalue weighted by atomic mass is 16.3. The average molecular weight is 511 g/mol. The Morgan fingerprint density at radius 1 is 0.595 bits per heavy atom. The van der Waals surface area contributed by atoms with Gasteiger partial charge in [-0.3, -0.25) is 9.59 Å². The van der Waals surface area contributed by atoms with Crippen molar-refractivity contribution < 1.29 is 19.8 Å². The van der Waals surface area contributed by atoms with Gasteiger partial charge in [-0.25, -0.2) is 0 Å². The third-order valence-corrected chi connectivity index (χ3v) is 6.80. The van der Waals surface area contributed by atoms with E-state index in [0.717, 1.165) is 33.4 Å². The van der Waals surface area contributed by atoms with E-state index < -0.39 is 0 Å². The zero-order valence-corrected chi connectivity index (χ0v) is 23.9. The number of nitrogens with one attached hydrogen (secondary N) is 2. The summed E-state index contributed by atoms with van der Waals surface area (Å²) in [6, 6.07) is 7.94. The van der Waals surface area contributed by atoms with Gasteiger partial charge in [0.25, 0.3) is 0 Å². The van der Waals surface area contributed by atoms with Crippen LogP contribution in [0.4, 0.5) is 0 Å². The molecule has 0 aliphatic heterocycles. The van der Waals surface area contributed by atoms with Gasteiger partial charge in [0.2, 0.25) is 11.8 Å². The van der Waals surface area contributed by atoms with Gasteiger partial charge in [0.15, 0.2) is 0 Å². The van der Waals surface area contributed by atoms with Crippen molar-refractivity contribution in [2.24, 2.45) is 0 Å². The van der Waals surface area contributed by atoms with Crippen molar-refractivity contribution >= 4 is 11.8 Å². The van der Waals surface area contributed by atoms with Crippen LogP contribution in [0.15, 0.2) is 24.3 Å². The average Bonchev–Trinajstić information content (AvgIpc) is 2.81. The van der Waals surface area contributed by atoms with Crippen LogP contribution >= 0.6 is 0 Å². The lowest BCUT2D eigenvalue weighted by atomic mass is 9.90. The first-order chi connectivity index (χ1) is 17.3. The Morgan fingerprint density at radius 3 is 1.11 bits per heavy atom. The molecule has 6 heteroatoms. The maximum Gasteiger partial charge on any atom is 0.221 e. The summed E-state index contributed by atoms with van der Waals surface area (Å²) in [6.45, 7) is 16.5. The molecule has 0 aliphatic rings. The van der Waals surface area contributed by atoms with Crippen molar-refractivity contribution in [3.8, 4) is 11.5 Å². The summed E-state index contributed by atoms with van der Waals surface area (Å²) in [4.78, 5) is 24.8. The Morgan fingerprint density at radius 2 is 0.865 bits per heavy atom. The van der Waals surface area contributed by atoms with Crippen LogP contribution in [0.1, 0.15) is 125 Å². The van der Waals surface area contributed by atoms with E-state index >= 15 is 0 Å². The second-order valence-corrected chi connectivity index (χ2v) is 11.2. The van der Waals surface area contributed by atoms with Gasteiger partial charge in [-0.15, -0.1) is 0 Å². The molecule has 0 saturated carbocycles. The summed E-state index contributed by atoms with van der Waals surface area (Å²) < 4.78 is 0. The number of aromatic hydroxyl groups is 2. The summed E-state index contributed by atoms with van der Waals surface area (Å²) in [5, 5.41) is 26.7. The number of phenols is 2. The highest BCUT2D eigenvalue weighted by molar-refractivity contribution is 5.78. The fraction of sp³-hybridized carbons (Fsp3) is 0.548. The molecular weight excluding hydrogens is 464 g/mol. The van der Waals surface area contributed by atoms with Gasteiger partial charge in [-0.1, -0.05) is 79.7 Å². The van der Waals surface area contributed by atoms with Crippen LogP contribution in [0.25, 0.3) is 0 Å². The molecule has 2 rings (SSSR count). The highest BCUT2D eigenvalue weighted by Crippen LogP contribution is 2.36. The molecule has 0 spiro atoms. The summed E-state index contributed by atoms with van der Waals surface area (Å²) in [5.74, 6) is 1.21. The Hall–Kier alpha value is -3.02. The van der Waals surface area contributed by atoms with Gasteiger partial charge in [-0.05, 0) is 69.9 Å². The minimum atomic E-state index is -0.132. The van der Waals surface area contributed by atoms with E-state index in [9.17, 15) is 19.8 Å². The predicted octanol–water partition coefficient (Wildman–Crippen LogP) is 6.35. The first kappa shape index (κ1) is 30.2. The molecule has 6 nitrogen and oxygen atoms in total. The minimum absolute atomic E-state index is 0.0891. The van der Waals surface area contributed by atoms with Crippen LogP contribution in [0.2, 0.25) is 0 Å². The Kier molecular flexibility index (Phi) is 11.0. The van der Waals surface area contributed by atoms with E-state index in [2.05, 4.69) is 10.6 Å². The summed E-state index contributed by atoms with van der Waals surface area (Å²) in [6.07, 6.45) is 1.74. The molecule has 0 aromatic heterocycles. The van der Waals surface area contributed by atoms with E-state index in [1.54, 1.807) is 0 Å². The molecule has 2 aromatic carbocycles. The van der Waals surface area contributed by atoms with Crippen LogP contribution in [0.3, 0.4) is 0 Å². The number of hydrogen-bond donors (Lipinski definition) is 4. The number of hydrogen-bond acceptors (Lipinski definition) is 4. The minimum Gasteiger partial charge on any atom is -0.507 e. The molecular formula is C31H46N2O4. The van der Waals surface area contributed by atoms with Crippen LogP contribution in [0.5, 0.6) is 11.5 Å². The van der Waals surface area contributed by atoms with Gasteiger partial charge < -0.3 is 20.8 Å². The summed E-state index contributed by atoms with van der Waals surface area (Å²) >= 11 is 0. The molecule has 0 heterocycles. The number of phenolic OH excluding ortho intramolecular Hbond substituents is 2. The van der Waals surface area contributed by atoms with Gasteiger partial charge in [-0.2, -0.15) is 0 Å². The van der Waals surface area contributed by atoms with E-state index in [1.165, 1.54) is 0 Å². The lowest BCUT2D eigenvalue weighted by Gasteiger charge is -2.18. The van der Waals surface area contributed by atoms with E-state index in [1.807, 2.05) is 79.7 Å². The SMILES string of the molecule is CC(C)c1cc(CCC(=O)NCNC(=O)CCc2cc(C(C)C)c(O)c(C(C)C)c2)cc(C(C)C)c1O. The van der Waals surface area contributed by atoms with Crippen LogP contribution in [0, 0.1) is 0 Å². The molecule has 0 bridgehead atoms. The molecule has 2 amide bonds. The van der Waals surface area contributed by atoms with E-state index in [4.69, 9.17) is 0 Å². The Bertz CT molecular complexity index is 943. The second kappa shape index (κ2) is 13.5. The lowest BCUT2D eigenvalue weighted by Crippen LogP contribution is -2.37. The zero-order valence-electron chi connectivity index (χ0n) is 23.9. The first-order valence-electron chi connectivity index (χ1n) is 13.6. The number of carbonyl (C=O) groups is 2. The van der Waals surface area contributed by atoms with Crippen molar-refractivity contribution in [2.45, 2.75) is 105 Å². The predicted molar refractivity (Wildman–Crippen MR) is 150 cm³/mol. The van der Waals surface area contributed by atoms with Crippen molar-refractivity contribution in [1.82, 2.24) is 10.6 Å². The number of aryl methyl sites for hydroxylation is 2. The van der Waals surface area contributed by atoms with Crippen LogP contribution < -0.4 is 10.6 Å². The highest BCUT2D eigenvalue weighted by Gasteiger charge is 2.17. The third-order valence-electron chi connectivity index (χ3n) is 6.80. The summed E-state index contributed by atoms with van der Waals surface area (Å²) in [7, 11) is 0. The molecule has 0 radical (unpaired) electrons. The van der Waals surface area contributed by atoms with Crippen LogP contribution in [-0.2, 0) is 22.4 Å². The molecule has 0 aliphatic carbocycles. The number of amides is 2. The van der Waals surface area contributed by atoms with Crippen molar-refractivity contribution in [1.29, 1.82) is 0 Å². The second-order valence-electron chi connectivity index (χ2n) is 11.2. The maximum atomic E-state index is 12.4. The summed E-state index contributed by atoms with van der Waals surface area (Å²) in [5.41, 5.74) is 5.68. The smallest absolute Gasteiger partial charge is 0.221 e. The zero-order chi connectivity index (χ0) is 27.9. The standard InChI is InChI=1S/C31H46N2O4/c1-18(2)24-13-22(14-25(19(3)4)30(24)36)9-11-28(34)32-17-33-29(35)12-10-23-15-26(20(5)6)31(37)27(16-23)21(7)8/h13-16,18-21,36-37H,9-12,17H2,1-8H3,(H,32,34)(H,33,35). The van der Waals surface area contributed by atoms with Crippen LogP contribution in [-0.4, -0.2) is 28.7 Å². The van der Waals surface area contributed by atoms with Gasteiger partial charge in [0.05, 0.1) is 6.67 Å². The molecule has 0 unspecified atom stereocenters. The van der Waals surface area contributed by atoms with Gasteiger partial charge in [0.1, 0.15) is 11.5 Å². The van der Waals surface area contributed by atoms with Crippen molar-refractivity contribution in [2.75, 3.05) is 6.67 Å². The maximum absolute atomic E-state index is 12.4. The normalized spacial score (nSPS) is 11.6. The molecule has 4 N–H and O–H groups in total. The number of carbonyl (C=O) groups excluding carboxylic acids is 2. The number of benzene rings is 2. The topological polar surface area (TPSA) is 98.7 Å². The van der Waals surface area contributed by atoms with Gasteiger partial charge >= 0.3 is 0 Å². The number of rotatable bonds is 12. The molecule has 0 atom stereocenters. The third kappa shape index (κ3) is 8.51. The molecule has 37 heavy (non-hydrogen) atoms. The quantitative estimate of drug-likeness (QED) is 0.250. The largest absolute Gasteiger partial charge is 0.507 e. The fourth-order valence-corrected chi connectivity index (χ4v) is 4.47. The van der Waals surface area contributed by atoms with E-state index in [-0.39, 0.29) is 42.2 Å². The monoisotopic (exact) mass is 510 g/mol. The van der Waals surface area contributed by atoms with Gasteiger partial charge in [0, 0.05) is 12.8 Å². The molecule has 2 aromatic rings. The molecule has 204 valence electrons. The fourth-order valence-electron chi connectivity index (χ4n) is 4.47.